The van der Waals surface area contributed by atoms with Crippen LogP contribution in [0.3, 0.4) is 0 Å². The Morgan fingerprint density at radius 3 is 2.18 bits per heavy atom. The van der Waals surface area contributed by atoms with E-state index < -0.39 is 11.2 Å². The minimum atomic E-state index is -0.561. The van der Waals surface area contributed by atoms with Crippen molar-refractivity contribution in [3.05, 3.63) is 20.8 Å². The molecule has 3 N–H and O–H groups in total. The van der Waals surface area contributed by atoms with Crippen molar-refractivity contribution < 1.29 is 4.74 Å². The second kappa shape index (κ2) is 6.81. The molecule has 0 aliphatic heterocycles. The molecule has 0 amide bonds. The van der Waals surface area contributed by atoms with E-state index in [9.17, 15) is 9.59 Å². The molecule has 2 aromatic heterocycles. The number of aromatic amines is 3. The molecule has 0 bridgehead atoms. The van der Waals surface area contributed by atoms with Crippen LogP contribution in [0.2, 0.25) is 0 Å². The number of nitrogens with one attached hydrogen (secondary N) is 3. The fourth-order valence-electron chi connectivity index (χ4n) is 3.01. The highest BCUT2D eigenvalue weighted by Gasteiger charge is 2.15. The minimum Gasteiger partial charge on any atom is -0.461 e. The molecule has 7 heteroatoms. The number of fused-ring (bicyclic) bond motifs is 1. The van der Waals surface area contributed by atoms with Crippen molar-refractivity contribution in [3.63, 3.8) is 0 Å². The van der Waals surface area contributed by atoms with Gasteiger partial charge >= 0.3 is 5.69 Å². The summed E-state index contributed by atoms with van der Waals surface area (Å²) in [5.41, 5.74) is -0.556. The summed E-state index contributed by atoms with van der Waals surface area (Å²) in [5, 5.41) is 0. The first kappa shape index (κ1) is 14.9. The third-order valence-electron chi connectivity index (χ3n) is 4.20. The van der Waals surface area contributed by atoms with Gasteiger partial charge in [-0.05, 0) is 25.7 Å². The lowest BCUT2D eigenvalue weighted by molar-refractivity contribution is 0.158. The van der Waals surface area contributed by atoms with E-state index in [0.29, 0.717) is 6.01 Å². The highest BCUT2D eigenvalue weighted by atomic mass is 16.5. The van der Waals surface area contributed by atoms with Crippen molar-refractivity contribution >= 4 is 11.2 Å². The zero-order valence-electron chi connectivity index (χ0n) is 12.6. The molecule has 2 heterocycles. The first-order chi connectivity index (χ1) is 10.7. The molecule has 0 atom stereocenters. The Hall–Kier alpha value is -2.05. The van der Waals surface area contributed by atoms with Gasteiger partial charge in [0.1, 0.15) is 6.10 Å². The highest BCUT2D eigenvalue weighted by Crippen LogP contribution is 2.20. The Kier molecular flexibility index (Phi) is 4.60. The summed E-state index contributed by atoms with van der Waals surface area (Å²) < 4.78 is 5.93. The Balaban J connectivity index is 1.74. The second-order valence-corrected chi connectivity index (χ2v) is 5.97. The number of H-pyrrole nitrogens is 3. The number of nitrogens with zero attached hydrogens (tertiary/aromatic N) is 1. The van der Waals surface area contributed by atoms with Crippen LogP contribution < -0.4 is 16.0 Å². The van der Waals surface area contributed by atoms with Crippen LogP contribution in [0.4, 0.5) is 0 Å². The lowest BCUT2D eigenvalue weighted by atomic mass is 9.99. The van der Waals surface area contributed by atoms with Gasteiger partial charge in [0.2, 0.25) is 0 Å². The molecule has 1 aliphatic rings. The number of imidazole rings is 1. The van der Waals surface area contributed by atoms with E-state index in [-0.39, 0.29) is 17.3 Å². The van der Waals surface area contributed by atoms with Crippen LogP contribution in [0, 0.1) is 0 Å². The van der Waals surface area contributed by atoms with Gasteiger partial charge in [0.05, 0.1) is 0 Å². The van der Waals surface area contributed by atoms with Gasteiger partial charge in [0, 0.05) is 0 Å². The predicted octanol–water partition coefficient (Wildman–Crippen LogP) is 2.21. The molecule has 0 unspecified atom stereocenters. The Morgan fingerprint density at radius 1 is 0.864 bits per heavy atom. The SMILES string of the molecule is O=c1[nH]c(=O)c2[nH]c(OC3CCCCCCCCC3)nc2[nH]1. The van der Waals surface area contributed by atoms with Crippen LogP contribution in [-0.4, -0.2) is 26.0 Å². The van der Waals surface area contributed by atoms with Gasteiger partial charge in [0.25, 0.3) is 11.6 Å². The van der Waals surface area contributed by atoms with Gasteiger partial charge in [-0.2, -0.15) is 4.98 Å². The summed E-state index contributed by atoms with van der Waals surface area (Å²) in [7, 11) is 0. The first-order valence-electron chi connectivity index (χ1n) is 8.11. The number of hydrogen-bond acceptors (Lipinski definition) is 4. The van der Waals surface area contributed by atoms with Crippen LogP contribution in [0.1, 0.15) is 57.8 Å². The zero-order valence-corrected chi connectivity index (χ0v) is 12.6. The average Bonchev–Trinajstić information content (AvgIpc) is 2.88. The number of rotatable bonds is 2. The van der Waals surface area contributed by atoms with E-state index >= 15 is 0 Å². The van der Waals surface area contributed by atoms with Crippen LogP contribution in [-0.2, 0) is 0 Å². The van der Waals surface area contributed by atoms with E-state index in [0.717, 1.165) is 25.7 Å². The molecule has 1 aliphatic carbocycles. The number of aromatic nitrogens is 4. The Bertz CT molecular complexity index is 720. The molecule has 1 saturated carbocycles. The first-order valence-corrected chi connectivity index (χ1v) is 8.11. The third-order valence-corrected chi connectivity index (χ3v) is 4.20. The molecular formula is C15H22N4O3. The monoisotopic (exact) mass is 306 g/mol. The third kappa shape index (κ3) is 3.58. The van der Waals surface area contributed by atoms with Crippen molar-refractivity contribution in [3.8, 4) is 6.01 Å². The largest absolute Gasteiger partial charge is 0.461 e. The number of ether oxygens (including phenoxy) is 1. The van der Waals surface area contributed by atoms with Gasteiger partial charge in [0.15, 0.2) is 11.2 Å². The normalized spacial score (nSPS) is 18.4. The standard InChI is InChI=1S/C15H22N4O3/c20-13-11-12(17-14(21)19-13)18-15(16-11)22-10-8-6-4-2-1-3-5-7-9-10/h10H,1-9H2,(H3,16,17,18,19,20,21). The van der Waals surface area contributed by atoms with Crippen LogP contribution in [0.25, 0.3) is 11.2 Å². The van der Waals surface area contributed by atoms with Crippen LogP contribution in [0.5, 0.6) is 6.01 Å². The minimum absolute atomic E-state index is 0.115. The molecule has 0 spiro atoms. The maximum atomic E-state index is 11.7. The molecule has 2 aromatic rings. The molecule has 22 heavy (non-hydrogen) atoms. The van der Waals surface area contributed by atoms with E-state index in [1.54, 1.807) is 0 Å². The molecule has 0 radical (unpaired) electrons. The topological polar surface area (TPSA) is 104 Å². The maximum absolute atomic E-state index is 11.7. The van der Waals surface area contributed by atoms with Gasteiger partial charge < -0.3 is 9.72 Å². The molecule has 0 saturated heterocycles. The van der Waals surface area contributed by atoms with Crippen molar-refractivity contribution in [2.24, 2.45) is 0 Å². The predicted molar refractivity (Wildman–Crippen MR) is 83.3 cm³/mol. The van der Waals surface area contributed by atoms with Crippen LogP contribution >= 0.6 is 0 Å². The van der Waals surface area contributed by atoms with E-state index in [1.165, 1.54) is 32.1 Å². The summed E-state index contributed by atoms with van der Waals surface area (Å²) >= 11 is 0. The summed E-state index contributed by atoms with van der Waals surface area (Å²) in [4.78, 5) is 34.6. The summed E-state index contributed by atoms with van der Waals surface area (Å²) in [6, 6.07) is 0.310. The van der Waals surface area contributed by atoms with Crippen molar-refractivity contribution in [1.29, 1.82) is 0 Å². The second-order valence-electron chi connectivity index (χ2n) is 5.97. The zero-order chi connectivity index (χ0) is 15.4. The molecule has 3 rings (SSSR count). The molecule has 1 fully saturated rings. The lowest BCUT2D eigenvalue weighted by Crippen LogP contribution is -2.21. The van der Waals surface area contributed by atoms with E-state index in [1.807, 2.05) is 0 Å². The fourth-order valence-corrected chi connectivity index (χ4v) is 3.01. The van der Waals surface area contributed by atoms with Crippen LogP contribution in [0.15, 0.2) is 9.59 Å². The van der Waals surface area contributed by atoms with Gasteiger partial charge in [-0.25, -0.2) is 4.79 Å². The van der Waals surface area contributed by atoms with E-state index in [2.05, 4.69) is 19.9 Å². The van der Waals surface area contributed by atoms with Crippen molar-refractivity contribution in [2.45, 2.75) is 63.9 Å². The smallest absolute Gasteiger partial charge is 0.327 e. The van der Waals surface area contributed by atoms with Gasteiger partial charge in [-0.3, -0.25) is 14.8 Å². The fraction of sp³-hybridized carbons (Fsp3) is 0.667. The average molecular weight is 306 g/mol. The van der Waals surface area contributed by atoms with Gasteiger partial charge in [-0.15, -0.1) is 0 Å². The highest BCUT2D eigenvalue weighted by molar-refractivity contribution is 5.69. The Morgan fingerprint density at radius 2 is 1.50 bits per heavy atom. The Labute approximate surface area is 127 Å². The lowest BCUT2D eigenvalue weighted by Gasteiger charge is -2.18. The molecule has 7 nitrogen and oxygen atoms in total. The molecule has 0 aromatic carbocycles. The molecule has 120 valence electrons. The molecular weight excluding hydrogens is 284 g/mol. The summed E-state index contributed by atoms with van der Waals surface area (Å²) in [6.07, 6.45) is 10.9. The summed E-state index contributed by atoms with van der Waals surface area (Å²) in [6.45, 7) is 0. The quantitative estimate of drug-likeness (QED) is 0.791. The van der Waals surface area contributed by atoms with Crippen molar-refractivity contribution in [2.75, 3.05) is 0 Å². The van der Waals surface area contributed by atoms with Gasteiger partial charge in [-0.1, -0.05) is 32.1 Å². The van der Waals surface area contributed by atoms with E-state index in [4.69, 9.17) is 4.74 Å². The van der Waals surface area contributed by atoms with Crippen molar-refractivity contribution in [1.82, 2.24) is 19.9 Å². The number of hydrogen-bond donors (Lipinski definition) is 3. The maximum Gasteiger partial charge on any atom is 0.327 e. The summed E-state index contributed by atoms with van der Waals surface area (Å²) in [5.74, 6) is 0.